The van der Waals surface area contributed by atoms with Gasteiger partial charge in [-0.15, -0.1) is 0 Å². The van der Waals surface area contributed by atoms with Gasteiger partial charge >= 0.3 is 0 Å². The van der Waals surface area contributed by atoms with Gasteiger partial charge in [-0.1, -0.05) is 12.1 Å². The summed E-state index contributed by atoms with van der Waals surface area (Å²) in [5.74, 6) is 0.799. The highest BCUT2D eigenvalue weighted by atomic mass is 16.5. The maximum absolute atomic E-state index is 5.68. The summed E-state index contributed by atoms with van der Waals surface area (Å²) < 4.78 is 5.48. The standard InChI is InChI=1S/C15H18N2O/c1-3-18-14-7-13(9-17-10-14)15-6-12(8-16)5-4-11(15)2/h4-7,9-10H,3,8,16H2,1-2H3. The lowest BCUT2D eigenvalue weighted by atomic mass is 9.99. The lowest BCUT2D eigenvalue weighted by Crippen LogP contribution is -1.97. The van der Waals surface area contributed by atoms with E-state index in [2.05, 4.69) is 30.1 Å². The molecule has 0 aliphatic carbocycles. The van der Waals surface area contributed by atoms with Gasteiger partial charge in [0.15, 0.2) is 0 Å². The van der Waals surface area contributed by atoms with Crippen molar-refractivity contribution in [1.29, 1.82) is 0 Å². The van der Waals surface area contributed by atoms with E-state index < -0.39 is 0 Å². The first-order chi connectivity index (χ1) is 8.74. The Morgan fingerprint density at radius 2 is 2.06 bits per heavy atom. The Morgan fingerprint density at radius 1 is 1.22 bits per heavy atom. The molecule has 0 spiro atoms. The maximum Gasteiger partial charge on any atom is 0.138 e. The minimum Gasteiger partial charge on any atom is -0.492 e. The van der Waals surface area contributed by atoms with Gasteiger partial charge in [0.1, 0.15) is 5.75 Å². The Kier molecular flexibility index (Phi) is 3.95. The Hall–Kier alpha value is -1.87. The molecule has 0 saturated carbocycles. The van der Waals surface area contributed by atoms with E-state index in [-0.39, 0.29) is 0 Å². The molecule has 0 fully saturated rings. The maximum atomic E-state index is 5.68. The zero-order valence-electron chi connectivity index (χ0n) is 10.8. The molecule has 0 aliphatic heterocycles. The van der Waals surface area contributed by atoms with E-state index in [1.54, 1.807) is 6.20 Å². The van der Waals surface area contributed by atoms with Crippen LogP contribution in [-0.2, 0) is 6.54 Å². The molecule has 0 radical (unpaired) electrons. The van der Waals surface area contributed by atoms with Gasteiger partial charge in [0, 0.05) is 18.3 Å². The van der Waals surface area contributed by atoms with Gasteiger partial charge in [0.05, 0.1) is 12.8 Å². The highest BCUT2D eigenvalue weighted by Crippen LogP contribution is 2.26. The Morgan fingerprint density at radius 3 is 2.78 bits per heavy atom. The minimum absolute atomic E-state index is 0.547. The van der Waals surface area contributed by atoms with Crippen molar-refractivity contribution in [3.05, 3.63) is 47.8 Å². The minimum atomic E-state index is 0.547. The van der Waals surface area contributed by atoms with E-state index in [9.17, 15) is 0 Å². The highest BCUT2D eigenvalue weighted by Gasteiger charge is 2.05. The van der Waals surface area contributed by atoms with E-state index in [4.69, 9.17) is 10.5 Å². The van der Waals surface area contributed by atoms with Crippen LogP contribution >= 0.6 is 0 Å². The number of ether oxygens (including phenoxy) is 1. The summed E-state index contributed by atoms with van der Waals surface area (Å²) >= 11 is 0. The predicted molar refractivity (Wildman–Crippen MR) is 73.5 cm³/mol. The van der Waals surface area contributed by atoms with Gasteiger partial charge in [-0.3, -0.25) is 4.98 Å². The summed E-state index contributed by atoms with van der Waals surface area (Å²) in [6.45, 7) is 5.24. The third kappa shape index (κ3) is 2.68. The van der Waals surface area contributed by atoms with Crippen molar-refractivity contribution in [3.63, 3.8) is 0 Å². The molecule has 3 nitrogen and oxygen atoms in total. The van der Waals surface area contributed by atoms with Crippen molar-refractivity contribution in [3.8, 4) is 16.9 Å². The van der Waals surface area contributed by atoms with E-state index in [0.717, 1.165) is 22.4 Å². The molecular formula is C15H18N2O. The third-order valence-corrected chi connectivity index (χ3v) is 2.87. The van der Waals surface area contributed by atoms with Crippen molar-refractivity contribution >= 4 is 0 Å². The Balaban J connectivity index is 2.44. The Labute approximate surface area is 108 Å². The first-order valence-corrected chi connectivity index (χ1v) is 6.12. The molecule has 94 valence electrons. The van der Waals surface area contributed by atoms with Crippen molar-refractivity contribution in [2.24, 2.45) is 5.73 Å². The van der Waals surface area contributed by atoms with Crippen LogP contribution in [0.2, 0.25) is 0 Å². The number of hydrogen-bond donors (Lipinski definition) is 1. The van der Waals surface area contributed by atoms with E-state index in [0.29, 0.717) is 13.2 Å². The average Bonchev–Trinajstić information content (AvgIpc) is 2.40. The van der Waals surface area contributed by atoms with Crippen LogP contribution < -0.4 is 10.5 Å². The number of pyridine rings is 1. The van der Waals surface area contributed by atoms with Crippen molar-refractivity contribution in [1.82, 2.24) is 4.98 Å². The summed E-state index contributed by atoms with van der Waals surface area (Å²) in [5.41, 5.74) is 10.2. The first-order valence-electron chi connectivity index (χ1n) is 6.12. The molecule has 1 heterocycles. The topological polar surface area (TPSA) is 48.1 Å². The first kappa shape index (κ1) is 12.6. The summed E-state index contributed by atoms with van der Waals surface area (Å²) in [6, 6.07) is 8.27. The van der Waals surface area contributed by atoms with Crippen molar-refractivity contribution < 1.29 is 4.74 Å². The summed E-state index contributed by atoms with van der Waals surface area (Å²) in [7, 11) is 0. The molecule has 0 aliphatic rings. The number of rotatable bonds is 4. The second-order valence-corrected chi connectivity index (χ2v) is 4.20. The number of hydrogen-bond acceptors (Lipinski definition) is 3. The molecule has 2 rings (SSSR count). The predicted octanol–water partition coefficient (Wildman–Crippen LogP) is 2.91. The summed E-state index contributed by atoms with van der Waals surface area (Å²) in [4.78, 5) is 4.22. The van der Waals surface area contributed by atoms with Gasteiger partial charge < -0.3 is 10.5 Å². The lowest BCUT2D eigenvalue weighted by Gasteiger charge is -2.09. The fourth-order valence-corrected chi connectivity index (χ4v) is 1.92. The van der Waals surface area contributed by atoms with Crippen molar-refractivity contribution in [2.75, 3.05) is 6.61 Å². The molecule has 0 atom stereocenters. The summed E-state index contributed by atoms with van der Waals surface area (Å²) in [5, 5.41) is 0. The van der Waals surface area contributed by atoms with Crippen LogP contribution in [0.5, 0.6) is 5.75 Å². The highest BCUT2D eigenvalue weighted by molar-refractivity contribution is 5.68. The molecule has 0 saturated heterocycles. The average molecular weight is 242 g/mol. The zero-order chi connectivity index (χ0) is 13.0. The fourth-order valence-electron chi connectivity index (χ4n) is 1.92. The number of benzene rings is 1. The van der Waals surface area contributed by atoms with Crippen LogP contribution in [0.25, 0.3) is 11.1 Å². The molecule has 18 heavy (non-hydrogen) atoms. The Bertz CT molecular complexity index is 538. The monoisotopic (exact) mass is 242 g/mol. The third-order valence-electron chi connectivity index (χ3n) is 2.87. The molecule has 0 unspecified atom stereocenters. The number of nitrogens with zero attached hydrogens (tertiary/aromatic N) is 1. The molecule has 3 heteroatoms. The molecule has 0 bridgehead atoms. The zero-order valence-corrected chi connectivity index (χ0v) is 10.8. The normalized spacial score (nSPS) is 10.4. The van der Waals surface area contributed by atoms with Gasteiger partial charge in [-0.2, -0.15) is 0 Å². The SMILES string of the molecule is CCOc1cncc(-c2cc(CN)ccc2C)c1. The lowest BCUT2D eigenvalue weighted by molar-refractivity contribution is 0.339. The van der Waals surface area contributed by atoms with E-state index in [1.807, 2.05) is 19.2 Å². The van der Waals surface area contributed by atoms with Gasteiger partial charge in [-0.05, 0) is 42.7 Å². The largest absolute Gasteiger partial charge is 0.492 e. The fraction of sp³-hybridized carbons (Fsp3) is 0.267. The van der Waals surface area contributed by atoms with Crippen LogP contribution in [0.3, 0.4) is 0 Å². The van der Waals surface area contributed by atoms with Gasteiger partial charge in [-0.25, -0.2) is 0 Å². The van der Waals surface area contributed by atoms with Gasteiger partial charge in [0.25, 0.3) is 0 Å². The molecule has 2 aromatic rings. The molecular weight excluding hydrogens is 224 g/mol. The number of nitrogens with two attached hydrogens (primary N) is 1. The smallest absolute Gasteiger partial charge is 0.138 e. The van der Waals surface area contributed by atoms with Crippen LogP contribution in [-0.4, -0.2) is 11.6 Å². The van der Waals surface area contributed by atoms with Gasteiger partial charge in [0.2, 0.25) is 0 Å². The van der Waals surface area contributed by atoms with Crippen molar-refractivity contribution in [2.45, 2.75) is 20.4 Å². The molecule has 2 N–H and O–H groups in total. The van der Waals surface area contributed by atoms with Crippen LogP contribution in [0.15, 0.2) is 36.7 Å². The second-order valence-electron chi connectivity index (χ2n) is 4.20. The molecule has 1 aromatic heterocycles. The van der Waals surface area contributed by atoms with E-state index >= 15 is 0 Å². The quantitative estimate of drug-likeness (QED) is 0.896. The molecule has 1 aromatic carbocycles. The van der Waals surface area contributed by atoms with Crippen LogP contribution in [0, 0.1) is 6.92 Å². The van der Waals surface area contributed by atoms with Crippen LogP contribution in [0.4, 0.5) is 0 Å². The van der Waals surface area contributed by atoms with E-state index in [1.165, 1.54) is 5.56 Å². The molecule has 0 amide bonds. The number of aryl methyl sites for hydroxylation is 1. The second kappa shape index (κ2) is 5.65. The van der Waals surface area contributed by atoms with Crippen LogP contribution in [0.1, 0.15) is 18.1 Å². The number of aromatic nitrogens is 1. The summed E-state index contributed by atoms with van der Waals surface area (Å²) in [6.07, 6.45) is 3.58.